The number of hydrogen-bond donors (Lipinski definition) is 0. The molecule has 0 saturated carbocycles. The Hall–Kier alpha value is 0.0130. The Morgan fingerprint density at radius 2 is 0.800 bits per heavy atom. The number of halogens is 9. The molecular weight excluding hydrogens is 596 g/mol. The first-order valence-corrected chi connectivity index (χ1v) is 9.97. The summed E-state index contributed by atoms with van der Waals surface area (Å²) < 4.78 is 111. The third-order valence-corrected chi connectivity index (χ3v) is 10.2. The topological polar surface area (TPSA) is 71.4 Å². The van der Waals surface area contributed by atoms with Gasteiger partial charge in [0, 0.05) is 0 Å². The molecule has 0 aliphatic heterocycles. The molecule has 0 heterocycles. The number of nitrogens with one attached hydrogen (secondary N) is 3. The van der Waals surface area contributed by atoms with Crippen LogP contribution in [-0.4, -0.2) is 49.4 Å². The van der Waals surface area contributed by atoms with Crippen molar-refractivity contribution in [3.63, 3.8) is 0 Å². The van der Waals surface area contributed by atoms with E-state index in [0.29, 0.717) is 0 Å². The van der Waals surface area contributed by atoms with Gasteiger partial charge in [0.2, 0.25) is 0 Å². The zero-order chi connectivity index (χ0) is 20.4. The van der Waals surface area contributed by atoms with E-state index in [0.717, 1.165) is 12.1 Å². The van der Waals surface area contributed by atoms with Crippen LogP contribution in [0.15, 0.2) is 24.3 Å². The first kappa shape index (κ1) is 32.7. The van der Waals surface area contributed by atoms with Crippen LogP contribution in [0, 0.1) is 0 Å². The summed E-state index contributed by atoms with van der Waals surface area (Å²) in [5, 5.41) is -19.1. The van der Waals surface area contributed by atoms with Crippen LogP contribution in [0.4, 0.5) is 39.5 Å². The Morgan fingerprint density at radius 3 is 0.960 bits per heavy atom. The maximum atomic E-state index is 12.6. The summed E-state index contributed by atoms with van der Waals surface area (Å²) in [5.41, 5.74) is 17.2. The minimum Gasteiger partial charge on any atom is 4.00 e. The van der Waals surface area contributed by atoms with E-state index in [4.69, 9.17) is 17.2 Å². The molecule has 1 aromatic carbocycles. The van der Waals surface area contributed by atoms with Gasteiger partial charge in [0.25, 0.3) is 0 Å². The molecule has 0 aliphatic carbocycles. The Labute approximate surface area is 160 Å². The maximum absolute atomic E-state index is 12.6. The summed E-state index contributed by atoms with van der Waals surface area (Å²) in [6.07, 6.45) is 0. The van der Waals surface area contributed by atoms with E-state index in [9.17, 15) is 39.5 Å². The van der Waals surface area contributed by atoms with Crippen LogP contribution in [0.5, 0.6) is 0 Å². The van der Waals surface area contributed by atoms with Crippen LogP contribution >= 0.6 is 0 Å². The van der Waals surface area contributed by atoms with Crippen molar-refractivity contribution >= 4 is 17.7 Å². The summed E-state index contributed by atoms with van der Waals surface area (Å²) in [5.74, 6) is 0. The van der Waals surface area contributed by atoms with Gasteiger partial charge < -0.3 is 17.2 Å². The molecular formula is C11H16F9GeHfN3. The van der Waals surface area contributed by atoms with Gasteiger partial charge in [-0.15, -0.1) is 0 Å². The van der Waals surface area contributed by atoms with Gasteiger partial charge in [0.05, 0.1) is 0 Å². The summed E-state index contributed by atoms with van der Waals surface area (Å²) in [6.45, 7) is 0. The third kappa shape index (κ3) is 7.27. The molecule has 0 unspecified atom stereocenters. The SMILES string of the molecule is C[NH-].C[NH-].C[NH-].F[C](F)(F)[Ge]([c-]1cccc1)([C](F)(F)F)[C](F)(F)F.[Hf+4]. The molecule has 25 heavy (non-hydrogen) atoms. The quantitative estimate of drug-likeness (QED) is 0.233. The van der Waals surface area contributed by atoms with Gasteiger partial charge in [-0.1, -0.05) is 0 Å². The van der Waals surface area contributed by atoms with Gasteiger partial charge in [0.15, 0.2) is 0 Å². The molecule has 0 saturated heterocycles. The number of hydrogen-bond acceptors (Lipinski definition) is 0. The van der Waals surface area contributed by atoms with Crippen LogP contribution in [0.2, 0.25) is 0 Å². The molecule has 14 heteroatoms. The third-order valence-electron chi connectivity index (χ3n) is 2.37. The molecule has 3 N–H and O–H groups in total. The van der Waals surface area contributed by atoms with Crippen LogP contribution in [0.1, 0.15) is 0 Å². The van der Waals surface area contributed by atoms with Crippen molar-refractivity contribution in [1.29, 1.82) is 0 Å². The van der Waals surface area contributed by atoms with Crippen molar-refractivity contribution in [2.45, 2.75) is 15.0 Å². The molecule has 0 spiro atoms. The molecule has 146 valence electrons. The molecule has 3 nitrogen and oxygen atoms in total. The molecule has 0 bridgehead atoms. The van der Waals surface area contributed by atoms with E-state index in [1.807, 2.05) is 0 Å². The smallest absolute Gasteiger partial charge is 4.00 e. The van der Waals surface area contributed by atoms with Crippen LogP contribution in [0.3, 0.4) is 0 Å². The molecule has 0 aromatic heterocycles. The Bertz CT molecular complexity index is 380. The van der Waals surface area contributed by atoms with Gasteiger partial charge in [-0.05, 0) is 0 Å². The molecule has 0 radical (unpaired) electrons. The van der Waals surface area contributed by atoms with E-state index in [-0.39, 0.29) is 38.0 Å². The molecule has 0 aliphatic rings. The van der Waals surface area contributed by atoms with E-state index >= 15 is 0 Å². The minimum absolute atomic E-state index is 0. The average Bonchev–Trinajstić information content (AvgIpc) is 2.95. The van der Waals surface area contributed by atoms with Crippen molar-refractivity contribution in [2.24, 2.45) is 0 Å². The number of rotatable bonds is 1. The molecule has 1 aromatic rings. The van der Waals surface area contributed by atoms with Crippen molar-refractivity contribution < 1.29 is 65.4 Å². The molecule has 0 fully saturated rings. The van der Waals surface area contributed by atoms with Crippen LogP contribution in [-0.2, 0) is 25.8 Å². The second-order valence-electron chi connectivity index (χ2n) is 3.42. The second-order valence-corrected chi connectivity index (χ2v) is 11.3. The van der Waals surface area contributed by atoms with Crippen LogP contribution < -0.4 is 4.40 Å². The second kappa shape index (κ2) is 13.2. The van der Waals surface area contributed by atoms with E-state index in [2.05, 4.69) is 0 Å². The summed E-state index contributed by atoms with van der Waals surface area (Å²) in [6, 6.07) is 1.90. The van der Waals surface area contributed by atoms with Gasteiger partial charge in [0.1, 0.15) is 0 Å². The van der Waals surface area contributed by atoms with E-state index < -0.39 is 32.7 Å². The van der Waals surface area contributed by atoms with Gasteiger partial charge >= 0.3 is 122 Å². The predicted octanol–water partition coefficient (Wildman–Crippen LogP) is 5.37. The van der Waals surface area contributed by atoms with Gasteiger partial charge in [-0.3, -0.25) is 0 Å². The summed E-state index contributed by atoms with van der Waals surface area (Å²) in [7, 11) is 3.75. The molecule has 0 amide bonds. The van der Waals surface area contributed by atoms with Crippen molar-refractivity contribution in [3.8, 4) is 0 Å². The van der Waals surface area contributed by atoms with E-state index in [1.165, 1.54) is 21.1 Å². The minimum atomic E-state index is -8.38. The van der Waals surface area contributed by atoms with Crippen LogP contribution in [0.25, 0.3) is 17.2 Å². The first-order chi connectivity index (χ1) is 10.9. The maximum Gasteiger partial charge on any atom is 4.00 e. The standard InChI is InChI=1S/C8H4F9Ge.3CH4N.Hf/c9-6(10,11)18(7(12,13)14,8(15,16)17)5-3-1-2-4-5;3*1-2;/h1-4H;3*2H,1H3;/q4*-1;+4. The van der Waals surface area contributed by atoms with Crippen molar-refractivity contribution in [1.82, 2.24) is 0 Å². The Balaban J connectivity index is -0.000000284. The summed E-state index contributed by atoms with van der Waals surface area (Å²) in [4.78, 5) is 0. The number of alkyl halides is 9. The molecule has 1 rings (SSSR count). The summed E-state index contributed by atoms with van der Waals surface area (Å²) >= 11 is -8.38. The predicted molar refractivity (Wildman–Crippen MR) is 76.3 cm³/mol. The Morgan fingerprint density at radius 1 is 0.600 bits per heavy atom. The van der Waals surface area contributed by atoms with Gasteiger partial charge in [-0.2, -0.15) is 21.1 Å². The zero-order valence-electron chi connectivity index (χ0n) is 13.2. The monoisotopic (exact) mass is 615 g/mol. The first-order valence-electron chi connectivity index (χ1n) is 5.78. The largest absolute Gasteiger partial charge is 4.00 e. The fourth-order valence-corrected chi connectivity index (χ4v) is 7.13. The normalized spacial score (nSPS) is 11.5. The van der Waals surface area contributed by atoms with Crippen molar-refractivity contribution in [2.75, 3.05) is 21.1 Å². The van der Waals surface area contributed by atoms with Gasteiger partial charge in [-0.25, -0.2) is 0 Å². The fourth-order valence-electron chi connectivity index (χ4n) is 1.60. The van der Waals surface area contributed by atoms with Crippen molar-refractivity contribution in [3.05, 3.63) is 41.5 Å². The molecule has 0 atom stereocenters. The fraction of sp³-hybridized carbons (Fsp3) is 0.545. The van der Waals surface area contributed by atoms with E-state index in [1.54, 1.807) is 0 Å². The zero-order valence-corrected chi connectivity index (χ0v) is 18.9. The Kier molecular flexibility index (Phi) is 17.3. The average molecular weight is 612 g/mol.